The van der Waals surface area contributed by atoms with Gasteiger partial charge in [-0.2, -0.15) is 0 Å². The zero-order chi connectivity index (χ0) is 25.5. The number of hydrogen-bond donors (Lipinski definition) is 0. The summed E-state index contributed by atoms with van der Waals surface area (Å²) in [4.78, 5) is 0. The van der Waals surface area contributed by atoms with Crippen LogP contribution in [0.25, 0.3) is 84.5 Å². The molecule has 39 heavy (non-hydrogen) atoms. The number of fused-ring (bicyclic) bond motifs is 9. The van der Waals surface area contributed by atoms with Crippen LogP contribution in [-0.2, 0) is 0 Å². The van der Waals surface area contributed by atoms with Crippen LogP contribution in [-0.4, -0.2) is 0 Å². The molecule has 9 aromatic rings. The smallest absolute Gasteiger partial charge is 0.143 e. The Morgan fingerprint density at radius 1 is 0.410 bits per heavy atom. The highest BCUT2D eigenvalue weighted by Gasteiger charge is 2.19. The van der Waals surface area contributed by atoms with Gasteiger partial charge in [0, 0.05) is 62.2 Å². The second-order valence-corrected chi connectivity index (χ2v) is 12.2. The third-order valence-corrected chi connectivity index (χ3v) is 10.3. The second-order valence-electron chi connectivity index (χ2n) is 10.1. The number of thiophene rings is 2. The molecule has 6 aromatic carbocycles. The van der Waals surface area contributed by atoms with E-state index in [0.29, 0.717) is 0 Å². The minimum Gasteiger partial charge on any atom is -0.455 e. The van der Waals surface area contributed by atoms with Gasteiger partial charge in [-0.3, -0.25) is 0 Å². The lowest BCUT2D eigenvalue weighted by atomic mass is 9.94. The highest BCUT2D eigenvalue weighted by Crippen LogP contribution is 2.47. The van der Waals surface area contributed by atoms with E-state index in [4.69, 9.17) is 4.42 Å². The van der Waals surface area contributed by atoms with Crippen LogP contribution in [0.5, 0.6) is 0 Å². The molecule has 0 saturated carbocycles. The van der Waals surface area contributed by atoms with Crippen molar-refractivity contribution in [3.05, 3.63) is 121 Å². The summed E-state index contributed by atoms with van der Waals surface area (Å²) in [5.41, 5.74) is 6.74. The summed E-state index contributed by atoms with van der Waals surface area (Å²) >= 11 is 3.75. The summed E-state index contributed by atoms with van der Waals surface area (Å²) in [6.45, 7) is 0. The van der Waals surface area contributed by atoms with E-state index in [9.17, 15) is 0 Å². The predicted molar refractivity (Wildman–Crippen MR) is 170 cm³/mol. The van der Waals surface area contributed by atoms with Gasteiger partial charge >= 0.3 is 0 Å². The van der Waals surface area contributed by atoms with Gasteiger partial charge in [0.1, 0.15) is 11.2 Å². The fourth-order valence-electron chi connectivity index (χ4n) is 6.12. The van der Waals surface area contributed by atoms with Gasteiger partial charge < -0.3 is 4.42 Å². The fraction of sp³-hybridized carbons (Fsp3) is 0. The van der Waals surface area contributed by atoms with Gasteiger partial charge in [0.15, 0.2) is 0 Å². The molecule has 0 spiro atoms. The Balaban J connectivity index is 1.42. The Kier molecular flexibility index (Phi) is 4.43. The van der Waals surface area contributed by atoms with E-state index in [1.165, 1.54) is 57.0 Å². The molecule has 0 saturated heterocycles. The van der Waals surface area contributed by atoms with Crippen LogP contribution in [0.3, 0.4) is 0 Å². The highest BCUT2D eigenvalue weighted by molar-refractivity contribution is 7.26. The van der Waals surface area contributed by atoms with Gasteiger partial charge in [0.25, 0.3) is 0 Å². The van der Waals surface area contributed by atoms with Gasteiger partial charge in [-0.15, -0.1) is 22.7 Å². The molecule has 0 fully saturated rings. The van der Waals surface area contributed by atoms with Crippen molar-refractivity contribution in [2.75, 3.05) is 0 Å². The first kappa shape index (κ1) is 21.5. The van der Waals surface area contributed by atoms with E-state index in [1.807, 2.05) is 22.7 Å². The van der Waals surface area contributed by atoms with E-state index >= 15 is 0 Å². The molecule has 0 amide bonds. The molecular formula is C36H20OS2. The molecular weight excluding hydrogens is 513 g/mol. The van der Waals surface area contributed by atoms with Crippen molar-refractivity contribution >= 4 is 85.0 Å². The molecule has 3 heteroatoms. The molecule has 0 aliphatic heterocycles. The van der Waals surface area contributed by atoms with Crippen molar-refractivity contribution in [2.45, 2.75) is 0 Å². The summed E-state index contributed by atoms with van der Waals surface area (Å²) in [5, 5.41) is 7.57. The van der Waals surface area contributed by atoms with E-state index in [1.54, 1.807) is 0 Å². The molecule has 3 heterocycles. The summed E-state index contributed by atoms with van der Waals surface area (Å²) in [5.74, 6) is 0. The summed E-state index contributed by atoms with van der Waals surface area (Å²) < 4.78 is 11.9. The molecule has 0 bridgehead atoms. The maximum absolute atomic E-state index is 6.59. The van der Waals surface area contributed by atoms with E-state index < -0.39 is 0 Å². The Labute approximate surface area is 232 Å². The molecule has 1 nitrogen and oxygen atoms in total. The topological polar surface area (TPSA) is 13.1 Å². The third kappa shape index (κ3) is 3.06. The average molecular weight is 533 g/mol. The van der Waals surface area contributed by atoms with Crippen LogP contribution in [0.15, 0.2) is 126 Å². The zero-order valence-corrected chi connectivity index (χ0v) is 22.4. The van der Waals surface area contributed by atoms with Crippen molar-refractivity contribution in [3.63, 3.8) is 0 Å². The minimum absolute atomic E-state index is 0.925. The Morgan fingerprint density at radius 3 is 1.69 bits per heavy atom. The Hall–Kier alpha value is -4.44. The number of para-hydroxylation sites is 1. The third-order valence-electron chi connectivity index (χ3n) is 7.89. The van der Waals surface area contributed by atoms with Crippen LogP contribution in [0, 0.1) is 0 Å². The maximum atomic E-state index is 6.59. The predicted octanol–water partition coefficient (Wildman–Crippen LogP) is 11.7. The zero-order valence-electron chi connectivity index (χ0n) is 20.8. The summed E-state index contributed by atoms with van der Waals surface area (Å²) in [6, 6.07) is 43.9. The first-order valence-corrected chi connectivity index (χ1v) is 14.7. The number of furan rings is 1. The van der Waals surface area contributed by atoms with Crippen molar-refractivity contribution in [3.8, 4) is 22.3 Å². The average Bonchev–Trinajstić information content (AvgIpc) is 3.68. The molecule has 9 rings (SSSR count). The van der Waals surface area contributed by atoms with Gasteiger partial charge in [-0.25, -0.2) is 0 Å². The van der Waals surface area contributed by atoms with Gasteiger partial charge in [0.2, 0.25) is 0 Å². The van der Waals surface area contributed by atoms with E-state index in [2.05, 4.69) is 121 Å². The van der Waals surface area contributed by atoms with E-state index in [0.717, 1.165) is 27.5 Å². The molecule has 0 aliphatic carbocycles. The normalized spacial score (nSPS) is 12.1. The number of rotatable bonds is 2. The summed E-state index contributed by atoms with van der Waals surface area (Å²) in [7, 11) is 0. The molecule has 182 valence electrons. The molecule has 3 aromatic heterocycles. The van der Waals surface area contributed by atoms with E-state index in [-0.39, 0.29) is 0 Å². The van der Waals surface area contributed by atoms with Crippen molar-refractivity contribution in [1.82, 2.24) is 0 Å². The number of benzene rings is 6. The lowest BCUT2D eigenvalue weighted by Crippen LogP contribution is -1.85. The first-order chi connectivity index (χ1) is 19.3. The number of hydrogen-bond acceptors (Lipinski definition) is 3. The monoisotopic (exact) mass is 532 g/mol. The largest absolute Gasteiger partial charge is 0.455 e. The van der Waals surface area contributed by atoms with Crippen LogP contribution in [0.2, 0.25) is 0 Å². The Bertz CT molecular complexity index is 2400. The first-order valence-electron chi connectivity index (χ1n) is 13.1. The van der Waals surface area contributed by atoms with Gasteiger partial charge in [0.05, 0.1) is 0 Å². The lowest BCUT2D eigenvalue weighted by molar-refractivity contribution is 0.670. The fourth-order valence-corrected chi connectivity index (χ4v) is 8.58. The quantitative estimate of drug-likeness (QED) is 0.216. The highest BCUT2D eigenvalue weighted by atomic mass is 32.1. The van der Waals surface area contributed by atoms with Crippen molar-refractivity contribution in [2.24, 2.45) is 0 Å². The van der Waals surface area contributed by atoms with Crippen LogP contribution in [0.1, 0.15) is 0 Å². The lowest BCUT2D eigenvalue weighted by Gasteiger charge is -2.10. The van der Waals surface area contributed by atoms with Crippen molar-refractivity contribution in [1.29, 1.82) is 0 Å². The molecule has 0 atom stereocenters. The minimum atomic E-state index is 0.925. The molecule has 0 radical (unpaired) electrons. The Morgan fingerprint density at radius 2 is 0.974 bits per heavy atom. The SMILES string of the molecule is c1ccc2c(c1)oc1c(-c3cccc4c3sc3ccccc34)cc(-c3cccc4c3sc3ccccc34)cc12. The van der Waals surface area contributed by atoms with Crippen LogP contribution < -0.4 is 0 Å². The second kappa shape index (κ2) is 8.03. The van der Waals surface area contributed by atoms with Crippen LogP contribution >= 0.6 is 22.7 Å². The molecule has 0 N–H and O–H groups in total. The maximum Gasteiger partial charge on any atom is 0.143 e. The molecule has 0 unspecified atom stereocenters. The van der Waals surface area contributed by atoms with Crippen LogP contribution in [0.4, 0.5) is 0 Å². The molecule has 0 aliphatic rings. The summed E-state index contributed by atoms with van der Waals surface area (Å²) in [6.07, 6.45) is 0. The standard InChI is InChI=1S/C36H20OS2/c1-4-16-31-23(9-1)29-19-21(22-12-7-13-26-24-10-2-5-17-32(24)38-35(22)26)20-30(34(29)37-31)28-15-8-14-27-25-11-3-6-18-33(25)39-36(27)28/h1-20H. The van der Waals surface area contributed by atoms with Gasteiger partial charge in [-0.05, 0) is 41.5 Å². The van der Waals surface area contributed by atoms with Gasteiger partial charge in [-0.1, -0.05) is 91.0 Å². The van der Waals surface area contributed by atoms with Crippen molar-refractivity contribution < 1.29 is 4.42 Å².